The van der Waals surface area contributed by atoms with Crippen molar-refractivity contribution in [2.75, 3.05) is 5.75 Å². The molecular formula is C14H16ClN3OS2. The lowest BCUT2D eigenvalue weighted by Gasteiger charge is -2.25. The number of aromatic nitrogens is 1. The Bertz CT molecular complexity index is 632. The molecule has 0 fully saturated rings. The van der Waals surface area contributed by atoms with Crippen LogP contribution in [0.1, 0.15) is 33.5 Å². The minimum Gasteiger partial charge on any atom is -0.344 e. The molecule has 1 aromatic carbocycles. The number of nitrogens with two attached hydrogens (primary N) is 1. The van der Waals surface area contributed by atoms with Gasteiger partial charge in [-0.05, 0) is 18.1 Å². The molecule has 1 atom stereocenters. The van der Waals surface area contributed by atoms with Crippen molar-refractivity contribution in [3.63, 3.8) is 0 Å². The molecular weight excluding hydrogens is 326 g/mol. The molecule has 0 aliphatic carbocycles. The van der Waals surface area contributed by atoms with Crippen LogP contribution in [0.15, 0.2) is 34.5 Å². The quantitative estimate of drug-likeness (QED) is 0.900. The molecule has 21 heavy (non-hydrogen) atoms. The Morgan fingerprint density at radius 3 is 3.00 bits per heavy atom. The van der Waals surface area contributed by atoms with E-state index in [9.17, 15) is 4.79 Å². The molecule has 1 aliphatic heterocycles. The van der Waals surface area contributed by atoms with E-state index in [1.807, 2.05) is 23.9 Å². The Balaban J connectivity index is 0.00000161. The van der Waals surface area contributed by atoms with E-state index in [-0.39, 0.29) is 24.4 Å². The SMILES string of the molecule is Cl.NCc1nc(C(=O)NC2CCSc3ccccc32)cs1. The Morgan fingerprint density at radius 1 is 1.43 bits per heavy atom. The van der Waals surface area contributed by atoms with Crippen LogP contribution in [0.2, 0.25) is 0 Å². The molecule has 0 saturated heterocycles. The minimum absolute atomic E-state index is 0. The number of thioether (sulfide) groups is 1. The summed E-state index contributed by atoms with van der Waals surface area (Å²) in [6.07, 6.45) is 0.946. The van der Waals surface area contributed by atoms with Crippen LogP contribution in [0.3, 0.4) is 0 Å². The summed E-state index contributed by atoms with van der Waals surface area (Å²) in [5.41, 5.74) is 7.19. The highest BCUT2D eigenvalue weighted by atomic mass is 35.5. The fourth-order valence-electron chi connectivity index (χ4n) is 2.23. The van der Waals surface area contributed by atoms with Gasteiger partial charge in [-0.2, -0.15) is 0 Å². The fraction of sp³-hybridized carbons (Fsp3) is 0.286. The predicted octanol–water partition coefficient (Wildman–Crippen LogP) is 2.99. The second-order valence-corrected chi connectivity index (χ2v) is 6.61. The Hall–Kier alpha value is -1.08. The summed E-state index contributed by atoms with van der Waals surface area (Å²) in [6, 6.07) is 8.30. The number of nitrogens with zero attached hydrogens (tertiary/aromatic N) is 1. The van der Waals surface area contributed by atoms with Crippen molar-refractivity contribution < 1.29 is 4.79 Å². The van der Waals surface area contributed by atoms with Crippen molar-refractivity contribution in [2.24, 2.45) is 5.73 Å². The number of halogens is 1. The van der Waals surface area contributed by atoms with Gasteiger partial charge >= 0.3 is 0 Å². The van der Waals surface area contributed by atoms with E-state index in [1.54, 1.807) is 5.38 Å². The Morgan fingerprint density at radius 2 is 2.24 bits per heavy atom. The lowest BCUT2D eigenvalue weighted by molar-refractivity contribution is 0.0930. The third-order valence-corrected chi connectivity index (χ3v) is 5.22. The largest absolute Gasteiger partial charge is 0.344 e. The predicted molar refractivity (Wildman–Crippen MR) is 89.2 cm³/mol. The summed E-state index contributed by atoms with van der Waals surface area (Å²) >= 11 is 3.27. The third-order valence-electron chi connectivity index (χ3n) is 3.22. The molecule has 4 nitrogen and oxygen atoms in total. The number of hydrogen-bond donors (Lipinski definition) is 2. The number of thiazole rings is 1. The van der Waals surface area contributed by atoms with Crippen LogP contribution in [-0.4, -0.2) is 16.6 Å². The highest BCUT2D eigenvalue weighted by molar-refractivity contribution is 7.99. The number of carbonyl (C=O) groups excluding carboxylic acids is 1. The normalized spacial score (nSPS) is 16.7. The number of fused-ring (bicyclic) bond motifs is 1. The average molecular weight is 342 g/mol. The molecule has 3 N–H and O–H groups in total. The van der Waals surface area contributed by atoms with E-state index in [4.69, 9.17) is 5.73 Å². The summed E-state index contributed by atoms with van der Waals surface area (Å²) in [5.74, 6) is 0.903. The molecule has 0 bridgehead atoms. The molecule has 1 aliphatic rings. The third kappa shape index (κ3) is 3.58. The molecule has 0 spiro atoms. The van der Waals surface area contributed by atoms with E-state index in [0.717, 1.165) is 17.2 Å². The van der Waals surface area contributed by atoms with Gasteiger partial charge in [0.05, 0.1) is 6.04 Å². The van der Waals surface area contributed by atoms with Gasteiger partial charge in [-0.1, -0.05) is 18.2 Å². The first-order valence-corrected chi connectivity index (χ1v) is 8.31. The summed E-state index contributed by atoms with van der Waals surface area (Å²) in [5, 5.41) is 5.63. The number of hydrogen-bond acceptors (Lipinski definition) is 5. The van der Waals surface area contributed by atoms with Crippen LogP contribution in [0.25, 0.3) is 0 Å². The maximum absolute atomic E-state index is 12.2. The van der Waals surface area contributed by atoms with Crippen LogP contribution >= 0.6 is 35.5 Å². The van der Waals surface area contributed by atoms with Crippen molar-refractivity contribution in [3.05, 3.63) is 45.9 Å². The van der Waals surface area contributed by atoms with Crippen LogP contribution in [-0.2, 0) is 6.54 Å². The van der Waals surface area contributed by atoms with Crippen LogP contribution in [0, 0.1) is 0 Å². The van der Waals surface area contributed by atoms with Gasteiger partial charge in [0.25, 0.3) is 5.91 Å². The Kier molecular flexibility index (Phi) is 5.64. The number of nitrogens with one attached hydrogen (secondary N) is 1. The van der Waals surface area contributed by atoms with E-state index >= 15 is 0 Å². The van der Waals surface area contributed by atoms with Gasteiger partial charge in [0.2, 0.25) is 0 Å². The molecule has 1 amide bonds. The first kappa shape index (κ1) is 16.3. The molecule has 0 saturated carbocycles. The molecule has 7 heteroatoms. The Labute approximate surface area is 137 Å². The van der Waals surface area contributed by atoms with E-state index in [0.29, 0.717) is 12.2 Å². The maximum Gasteiger partial charge on any atom is 0.271 e. The average Bonchev–Trinajstić information content (AvgIpc) is 2.97. The highest BCUT2D eigenvalue weighted by Crippen LogP contribution is 2.35. The van der Waals surface area contributed by atoms with E-state index in [2.05, 4.69) is 22.4 Å². The van der Waals surface area contributed by atoms with Gasteiger partial charge in [-0.15, -0.1) is 35.5 Å². The fourth-order valence-corrected chi connectivity index (χ4v) is 4.01. The van der Waals surface area contributed by atoms with Gasteiger partial charge in [-0.3, -0.25) is 4.79 Å². The number of rotatable bonds is 3. The van der Waals surface area contributed by atoms with Gasteiger partial charge in [0.15, 0.2) is 0 Å². The van der Waals surface area contributed by atoms with Gasteiger partial charge in [0, 0.05) is 22.6 Å². The molecule has 2 heterocycles. The number of amides is 1. The lowest BCUT2D eigenvalue weighted by atomic mass is 10.0. The number of benzene rings is 1. The first-order chi connectivity index (χ1) is 9.78. The van der Waals surface area contributed by atoms with Crippen molar-refractivity contribution >= 4 is 41.4 Å². The zero-order chi connectivity index (χ0) is 13.9. The first-order valence-electron chi connectivity index (χ1n) is 6.45. The number of carbonyl (C=O) groups is 1. The van der Waals surface area contributed by atoms with Crippen molar-refractivity contribution in [1.82, 2.24) is 10.3 Å². The van der Waals surface area contributed by atoms with E-state index < -0.39 is 0 Å². The lowest BCUT2D eigenvalue weighted by Crippen LogP contribution is -2.30. The summed E-state index contributed by atoms with van der Waals surface area (Å²) in [4.78, 5) is 17.7. The van der Waals surface area contributed by atoms with E-state index in [1.165, 1.54) is 21.8 Å². The second-order valence-electron chi connectivity index (χ2n) is 4.53. The smallest absolute Gasteiger partial charge is 0.271 e. The molecule has 0 radical (unpaired) electrons. The van der Waals surface area contributed by atoms with Crippen LogP contribution in [0.5, 0.6) is 0 Å². The summed E-state index contributed by atoms with van der Waals surface area (Å²) in [7, 11) is 0. The molecule has 2 aromatic rings. The van der Waals surface area contributed by atoms with Gasteiger partial charge in [0.1, 0.15) is 10.7 Å². The van der Waals surface area contributed by atoms with Crippen LogP contribution < -0.4 is 11.1 Å². The zero-order valence-corrected chi connectivity index (χ0v) is 13.7. The van der Waals surface area contributed by atoms with Crippen molar-refractivity contribution in [1.29, 1.82) is 0 Å². The van der Waals surface area contributed by atoms with Crippen molar-refractivity contribution in [2.45, 2.75) is 23.9 Å². The highest BCUT2D eigenvalue weighted by Gasteiger charge is 2.23. The monoisotopic (exact) mass is 341 g/mol. The zero-order valence-electron chi connectivity index (χ0n) is 11.2. The molecule has 1 aromatic heterocycles. The van der Waals surface area contributed by atoms with Crippen molar-refractivity contribution in [3.8, 4) is 0 Å². The summed E-state index contributed by atoms with van der Waals surface area (Å²) in [6.45, 7) is 0.376. The molecule has 3 rings (SSSR count). The molecule has 112 valence electrons. The maximum atomic E-state index is 12.2. The summed E-state index contributed by atoms with van der Waals surface area (Å²) < 4.78 is 0. The van der Waals surface area contributed by atoms with Gasteiger partial charge in [-0.25, -0.2) is 4.98 Å². The second kappa shape index (κ2) is 7.26. The minimum atomic E-state index is -0.118. The standard InChI is InChI=1S/C14H15N3OS2.ClH/c15-7-13-16-11(8-20-13)14(18)17-10-5-6-19-12-4-2-1-3-9(10)12;/h1-4,8,10H,5-7,15H2,(H,17,18);1H. The molecule has 1 unspecified atom stereocenters. The van der Waals surface area contributed by atoms with Gasteiger partial charge < -0.3 is 11.1 Å². The van der Waals surface area contributed by atoms with Crippen LogP contribution in [0.4, 0.5) is 0 Å². The topological polar surface area (TPSA) is 68.0 Å².